The van der Waals surface area contributed by atoms with Gasteiger partial charge >= 0.3 is 0 Å². The predicted molar refractivity (Wildman–Crippen MR) is 129 cm³/mol. The number of hydrogen-bond donors (Lipinski definition) is 1. The van der Waals surface area contributed by atoms with E-state index in [0.717, 1.165) is 67.3 Å². The van der Waals surface area contributed by atoms with Crippen LogP contribution in [0.3, 0.4) is 0 Å². The molecular formula is C26H34N4O2. The lowest BCUT2D eigenvalue weighted by atomic mass is 10.2. The fourth-order valence-electron chi connectivity index (χ4n) is 4.38. The van der Waals surface area contributed by atoms with Crippen molar-refractivity contribution in [1.82, 2.24) is 14.5 Å². The van der Waals surface area contributed by atoms with Gasteiger partial charge in [0.1, 0.15) is 11.6 Å². The highest BCUT2D eigenvalue weighted by atomic mass is 16.5. The molecule has 6 heteroatoms. The number of amides is 1. The maximum Gasteiger partial charge on any atom is 0.255 e. The first-order chi connectivity index (χ1) is 15.7. The molecule has 1 aromatic heterocycles. The molecule has 0 bridgehead atoms. The molecule has 170 valence electrons. The van der Waals surface area contributed by atoms with Crippen LogP contribution in [-0.4, -0.2) is 40.6 Å². The SMILES string of the molecule is CCCCn1c(CN2CCCCCC2)nc2cc(NC(=O)c3ccc(OC)cc3)ccc21. The van der Waals surface area contributed by atoms with Gasteiger partial charge < -0.3 is 14.6 Å². The minimum absolute atomic E-state index is 0.137. The monoisotopic (exact) mass is 434 g/mol. The third-order valence-electron chi connectivity index (χ3n) is 6.24. The molecule has 1 fully saturated rings. The maximum atomic E-state index is 12.7. The standard InChI is InChI=1S/C26H34N4O2/c1-3-4-17-30-24-14-11-21(27-26(31)20-9-12-22(32-2)13-10-20)18-23(24)28-25(30)19-29-15-7-5-6-8-16-29/h9-14,18H,3-8,15-17,19H2,1-2H3,(H,27,31). The van der Waals surface area contributed by atoms with E-state index >= 15 is 0 Å². The van der Waals surface area contributed by atoms with E-state index in [9.17, 15) is 4.79 Å². The Hall–Kier alpha value is -2.86. The number of fused-ring (bicyclic) bond motifs is 1. The van der Waals surface area contributed by atoms with Crippen molar-refractivity contribution in [2.45, 2.75) is 58.5 Å². The Bertz CT molecular complexity index is 1030. The summed E-state index contributed by atoms with van der Waals surface area (Å²) >= 11 is 0. The van der Waals surface area contributed by atoms with Crippen molar-refractivity contribution < 1.29 is 9.53 Å². The molecule has 2 aromatic carbocycles. The van der Waals surface area contributed by atoms with Crippen LogP contribution in [0.15, 0.2) is 42.5 Å². The minimum atomic E-state index is -0.137. The van der Waals surface area contributed by atoms with Crippen molar-refractivity contribution in [3.05, 3.63) is 53.9 Å². The Kier molecular flexibility index (Phi) is 7.43. The lowest BCUT2D eigenvalue weighted by Crippen LogP contribution is -2.26. The Morgan fingerprint density at radius 1 is 1.06 bits per heavy atom. The summed E-state index contributed by atoms with van der Waals surface area (Å²) in [7, 11) is 1.62. The summed E-state index contributed by atoms with van der Waals surface area (Å²) < 4.78 is 7.55. The van der Waals surface area contributed by atoms with Gasteiger partial charge in [-0.05, 0) is 74.8 Å². The van der Waals surface area contributed by atoms with Gasteiger partial charge in [0, 0.05) is 17.8 Å². The first-order valence-corrected chi connectivity index (χ1v) is 11.8. The molecule has 0 radical (unpaired) electrons. The van der Waals surface area contributed by atoms with E-state index < -0.39 is 0 Å². The van der Waals surface area contributed by atoms with Crippen LogP contribution in [0.25, 0.3) is 11.0 Å². The number of nitrogens with zero attached hydrogens (tertiary/aromatic N) is 3. The van der Waals surface area contributed by atoms with Crippen molar-refractivity contribution >= 4 is 22.6 Å². The number of nitrogens with one attached hydrogen (secondary N) is 1. The second-order valence-electron chi connectivity index (χ2n) is 8.61. The van der Waals surface area contributed by atoms with E-state index in [1.54, 1.807) is 31.4 Å². The second kappa shape index (κ2) is 10.6. The van der Waals surface area contributed by atoms with E-state index in [2.05, 4.69) is 27.8 Å². The molecule has 0 saturated carbocycles. The van der Waals surface area contributed by atoms with Crippen LogP contribution in [0, 0.1) is 0 Å². The van der Waals surface area contributed by atoms with Crippen LogP contribution < -0.4 is 10.1 Å². The molecule has 1 aliphatic rings. The number of imidazole rings is 1. The van der Waals surface area contributed by atoms with E-state index in [4.69, 9.17) is 9.72 Å². The van der Waals surface area contributed by atoms with Crippen molar-refractivity contribution in [3.63, 3.8) is 0 Å². The van der Waals surface area contributed by atoms with E-state index in [1.165, 1.54) is 25.7 Å². The van der Waals surface area contributed by atoms with E-state index in [0.29, 0.717) is 5.56 Å². The molecule has 6 nitrogen and oxygen atoms in total. The fourth-order valence-corrected chi connectivity index (χ4v) is 4.38. The third kappa shape index (κ3) is 5.30. The number of methoxy groups -OCH3 is 1. The molecule has 3 aromatic rings. The van der Waals surface area contributed by atoms with Crippen molar-refractivity contribution in [1.29, 1.82) is 0 Å². The van der Waals surface area contributed by atoms with Gasteiger partial charge in [-0.15, -0.1) is 0 Å². The number of unbranched alkanes of at least 4 members (excludes halogenated alkanes) is 1. The summed E-state index contributed by atoms with van der Waals surface area (Å²) in [6.45, 7) is 6.40. The Balaban J connectivity index is 1.55. The normalized spacial score (nSPS) is 14.9. The lowest BCUT2D eigenvalue weighted by molar-refractivity contribution is 0.102. The Morgan fingerprint density at radius 3 is 2.50 bits per heavy atom. The molecule has 1 saturated heterocycles. The fraction of sp³-hybridized carbons (Fsp3) is 0.462. The highest BCUT2D eigenvalue weighted by Gasteiger charge is 2.16. The quantitative estimate of drug-likeness (QED) is 0.510. The number of ether oxygens (including phenoxy) is 1. The van der Waals surface area contributed by atoms with Crippen LogP contribution in [0.2, 0.25) is 0 Å². The molecule has 32 heavy (non-hydrogen) atoms. The lowest BCUT2D eigenvalue weighted by Gasteiger charge is -2.20. The van der Waals surface area contributed by atoms with Gasteiger partial charge in [0.05, 0.1) is 24.7 Å². The molecule has 1 aliphatic heterocycles. The highest BCUT2D eigenvalue weighted by molar-refractivity contribution is 6.05. The Morgan fingerprint density at radius 2 is 1.81 bits per heavy atom. The van der Waals surface area contributed by atoms with Gasteiger partial charge in [-0.2, -0.15) is 0 Å². The number of rotatable bonds is 8. The highest BCUT2D eigenvalue weighted by Crippen LogP contribution is 2.24. The molecule has 0 spiro atoms. The summed E-state index contributed by atoms with van der Waals surface area (Å²) in [6.07, 6.45) is 7.50. The Labute approximate surface area is 190 Å². The molecular weight excluding hydrogens is 400 g/mol. The molecule has 1 N–H and O–H groups in total. The molecule has 0 aliphatic carbocycles. The minimum Gasteiger partial charge on any atom is -0.497 e. The smallest absolute Gasteiger partial charge is 0.255 e. The summed E-state index contributed by atoms with van der Waals surface area (Å²) in [5, 5.41) is 3.01. The van der Waals surface area contributed by atoms with Gasteiger partial charge in [0.25, 0.3) is 5.91 Å². The van der Waals surface area contributed by atoms with Crippen molar-refractivity contribution in [2.75, 3.05) is 25.5 Å². The van der Waals surface area contributed by atoms with Crippen LogP contribution in [0.1, 0.15) is 61.6 Å². The van der Waals surface area contributed by atoms with E-state index in [-0.39, 0.29) is 5.91 Å². The number of aryl methyl sites for hydroxylation is 1. The second-order valence-corrected chi connectivity index (χ2v) is 8.61. The number of hydrogen-bond acceptors (Lipinski definition) is 4. The van der Waals surface area contributed by atoms with Crippen LogP contribution >= 0.6 is 0 Å². The van der Waals surface area contributed by atoms with Crippen LogP contribution in [0.4, 0.5) is 5.69 Å². The zero-order chi connectivity index (χ0) is 22.3. The first-order valence-electron chi connectivity index (χ1n) is 11.8. The number of carbonyl (C=O) groups excluding carboxylic acids is 1. The maximum absolute atomic E-state index is 12.7. The number of aromatic nitrogens is 2. The third-order valence-corrected chi connectivity index (χ3v) is 6.24. The average Bonchev–Trinajstić information content (AvgIpc) is 2.96. The van der Waals surface area contributed by atoms with Gasteiger partial charge in [-0.3, -0.25) is 9.69 Å². The molecule has 2 heterocycles. The first kappa shape index (κ1) is 22.3. The van der Waals surface area contributed by atoms with Gasteiger partial charge in [-0.25, -0.2) is 4.98 Å². The summed E-state index contributed by atoms with van der Waals surface area (Å²) in [5.74, 6) is 1.73. The number of anilines is 1. The van der Waals surface area contributed by atoms with Crippen molar-refractivity contribution in [2.24, 2.45) is 0 Å². The molecule has 1 amide bonds. The molecule has 4 rings (SSSR count). The average molecular weight is 435 g/mol. The van der Waals surface area contributed by atoms with Gasteiger partial charge in [0.2, 0.25) is 0 Å². The zero-order valence-corrected chi connectivity index (χ0v) is 19.3. The van der Waals surface area contributed by atoms with Crippen LogP contribution in [-0.2, 0) is 13.1 Å². The number of carbonyl (C=O) groups is 1. The molecule has 0 atom stereocenters. The summed E-state index contributed by atoms with van der Waals surface area (Å²) in [5.41, 5.74) is 3.45. The summed E-state index contributed by atoms with van der Waals surface area (Å²) in [4.78, 5) is 20.2. The van der Waals surface area contributed by atoms with Crippen LogP contribution in [0.5, 0.6) is 5.75 Å². The van der Waals surface area contributed by atoms with Gasteiger partial charge in [-0.1, -0.05) is 26.2 Å². The van der Waals surface area contributed by atoms with Gasteiger partial charge in [0.15, 0.2) is 0 Å². The topological polar surface area (TPSA) is 59.4 Å². The largest absolute Gasteiger partial charge is 0.497 e. The van der Waals surface area contributed by atoms with Crippen molar-refractivity contribution in [3.8, 4) is 5.75 Å². The number of benzene rings is 2. The molecule has 0 unspecified atom stereocenters. The van der Waals surface area contributed by atoms with E-state index in [1.807, 2.05) is 12.1 Å². The zero-order valence-electron chi connectivity index (χ0n) is 19.3. The summed E-state index contributed by atoms with van der Waals surface area (Å²) in [6, 6.07) is 13.2. The number of likely N-dealkylation sites (tertiary alicyclic amines) is 1. The predicted octanol–water partition coefficient (Wildman–Crippen LogP) is 5.47.